The van der Waals surface area contributed by atoms with Crippen molar-refractivity contribution in [2.45, 2.75) is 57.2 Å². The molecular weight excluding hydrogens is 530 g/mol. The molecule has 2 bridgehead atoms. The standard InChI is InChI=1S/C33H37N5O4/c1-21-31(40)36-28(17-22-8-3-2-4-9-22)33(42)38-19-23-16-25(29(38)12-7-13-30(39)34-21)20-37(18-23)32(41)27-15-14-24-10-5-6-11-26(24)35-27/h2-6,8-11,14-15,21,23,25,28-29H,7,12-13,16-20H2,1H3,(H,34,39)(H,36,40)/t21-,23+,25-,28+,29+/m1/s1. The first-order valence-corrected chi connectivity index (χ1v) is 14.9. The lowest BCUT2D eigenvalue weighted by Gasteiger charge is -2.51. The van der Waals surface area contributed by atoms with Gasteiger partial charge in [0.25, 0.3) is 5.91 Å². The first-order valence-electron chi connectivity index (χ1n) is 14.9. The van der Waals surface area contributed by atoms with Crippen LogP contribution < -0.4 is 10.6 Å². The predicted molar refractivity (Wildman–Crippen MR) is 158 cm³/mol. The summed E-state index contributed by atoms with van der Waals surface area (Å²) in [5, 5.41) is 6.72. The third kappa shape index (κ3) is 5.86. The van der Waals surface area contributed by atoms with Gasteiger partial charge in [0.15, 0.2) is 0 Å². The largest absolute Gasteiger partial charge is 0.345 e. The van der Waals surface area contributed by atoms with Crippen LogP contribution in [0.25, 0.3) is 10.9 Å². The Kier molecular flexibility index (Phi) is 7.91. The van der Waals surface area contributed by atoms with Crippen LogP contribution in [0.1, 0.15) is 48.7 Å². The van der Waals surface area contributed by atoms with Crippen molar-refractivity contribution in [3.63, 3.8) is 0 Å². The zero-order valence-electron chi connectivity index (χ0n) is 23.9. The summed E-state index contributed by atoms with van der Waals surface area (Å²) < 4.78 is 0. The van der Waals surface area contributed by atoms with Gasteiger partial charge in [0.1, 0.15) is 17.8 Å². The molecule has 0 aliphatic carbocycles. The second-order valence-corrected chi connectivity index (χ2v) is 12.0. The van der Waals surface area contributed by atoms with Crippen molar-refractivity contribution < 1.29 is 19.2 Å². The van der Waals surface area contributed by atoms with Crippen LogP contribution in [0, 0.1) is 11.8 Å². The molecule has 9 heteroatoms. The van der Waals surface area contributed by atoms with E-state index in [-0.39, 0.29) is 47.9 Å². The third-order valence-electron chi connectivity index (χ3n) is 8.93. The second kappa shape index (κ2) is 11.9. The maximum atomic E-state index is 14.2. The summed E-state index contributed by atoms with van der Waals surface area (Å²) in [6.07, 6.45) is 2.82. The van der Waals surface area contributed by atoms with E-state index in [1.807, 2.05) is 70.5 Å². The van der Waals surface area contributed by atoms with Gasteiger partial charge in [-0.05, 0) is 55.7 Å². The number of aromatic nitrogens is 1. The van der Waals surface area contributed by atoms with Crippen LogP contribution in [0.5, 0.6) is 0 Å². The van der Waals surface area contributed by atoms with Crippen LogP contribution in [0.15, 0.2) is 66.7 Å². The van der Waals surface area contributed by atoms with Gasteiger partial charge in [0.2, 0.25) is 17.7 Å². The number of pyridine rings is 1. The lowest BCUT2D eigenvalue weighted by Crippen LogP contribution is -2.64. The molecule has 0 radical (unpaired) electrons. The third-order valence-corrected chi connectivity index (χ3v) is 8.93. The molecule has 6 rings (SSSR count). The molecule has 3 aliphatic heterocycles. The highest BCUT2D eigenvalue weighted by atomic mass is 16.2. The van der Waals surface area contributed by atoms with Crippen LogP contribution in [0.2, 0.25) is 0 Å². The van der Waals surface area contributed by atoms with Gasteiger partial charge in [-0.15, -0.1) is 0 Å². The van der Waals surface area contributed by atoms with E-state index >= 15 is 0 Å². The molecule has 5 atom stereocenters. The van der Waals surface area contributed by atoms with Gasteiger partial charge >= 0.3 is 0 Å². The number of fused-ring (bicyclic) bond motifs is 5. The molecular formula is C33H37N5O4. The minimum atomic E-state index is -0.750. The number of hydrogen-bond donors (Lipinski definition) is 2. The van der Waals surface area contributed by atoms with E-state index in [4.69, 9.17) is 0 Å². The van der Waals surface area contributed by atoms with Crippen molar-refractivity contribution >= 4 is 34.5 Å². The molecule has 3 aromatic rings. The fraction of sp³-hybridized carbons (Fsp3) is 0.424. The zero-order valence-corrected chi connectivity index (χ0v) is 23.9. The van der Waals surface area contributed by atoms with Crippen molar-refractivity contribution in [3.05, 3.63) is 78.0 Å². The monoisotopic (exact) mass is 567 g/mol. The molecule has 3 fully saturated rings. The summed E-state index contributed by atoms with van der Waals surface area (Å²) in [5.74, 6) is -0.535. The van der Waals surface area contributed by atoms with E-state index in [1.54, 1.807) is 13.0 Å². The first-order chi connectivity index (χ1) is 20.4. The molecule has 0 saturated carbocycles. The van der Waals surface area contributed by atoms with Gasteiger partial charge in [0, 0.05) is 43.9 Å². The number of nitrogens with zero attached hydrogens (tertiary/aromatic N) is 3. The summed E-state index contributed by atoms with van der Waals surface area (Å²) in [5.41, 5.74) is 2.17. The molecule has 42 heavy (non-hydrogen) atoms. The molecule has 2 aromatic carbocycles. The molecule has 1 aromatic heterocycles. The number of carbonyl (C=O) groups excluding carboxylic acids is 4. The van der Waals surface area contributed by atoms with Gasteiger partial charge < -0.3 is 20.4 Å². The van der Waals surface area contributed by atoms with Crippen LogP contribution in [-0.2, 0) is 20.8 Å². The molecule has 4 amide bonds. The van der Waals surface area contributed by atoms with E-state index in [1.165, 1.54) is 0 Å². The minimum absolute atomic E-state index is 0.0730. The van der Waals surface area contributed by atoms with Crippen LogP contribution >= 0.6 is 0 Å². The number of hydrogen-bond acceptors (Lipinski definition) is 5. The zero-order chi connectivity index (χ0) is 29.2. The van der Waals surface area contributed by atoms with Crippen LogP contribution in [-0.4, -0.2) is 76.2 Å². The molecule has 4 heterocycles. The number of rotatable bonds is 3. The normalized spacial score (nSPS) is 26.9. The lowest BCUT2D eigenvalue weighted by molar-refractivity contribution is -0.145. The average molecular weight is 568 g/mol. The molecule has 218 valence electrons. The van der Waals surface area contributed by atoms with E-state index < -0.39 is 12.1 Å². The van der Waals surface area contributed by atoms with E-state index in [0.29, 0.717) is 44.6 Å². The summed E-state index contributed by atoms with van der Waals surface area (Å²) >= 11 is 0. The molecule has 2 N–H and O–H groups in total. The lowest BCUT2D eigenvalue weighted by atomic mass is 9.77. The number of amides is 4. The Morgan fingerprint density at radius 1 is 0.929 bits per heavy atom. The Balaban J connectivity index is 1.26. The maximum absolute atomic E-state index is 14.2. The van der Waals surface area contributed by atoms with Crippen molar-refractivity contribution in [3.8, 4) is 0 Å². The highest BCUT2D eigenvalue weighted by Gasteiger charge is 2.45. The van der Waals surface area contributed by atoms with Crippen molar-refractivity contribution in [2.24, 2.45) is 11.8 Å². The van der Waals surface area contributed by atoms with Gasteiger partial charge in [-0.1, -0.05) is 54.6 Å². The van der Waals surface area contributed by atoms with E-state index in [9.17, 15) is 19.2 Å². The summed E-state index contributed by atoms with van der Waals surface area (Å²) in [4.78, 5) is 62.1. The van der Waals surface area contributed by atoms with Gasteiger partial charge in [0.05, 0.1) is 5.52 Å². The molecule has 0 unspecified atom stereocenters. The first kappa shape index (κ1) is 27.9. The Labute approximate surface area is 245 Å². The van der Waals surface area contributed by atoms with E-state index in [2.05, 4.69) is 15.6 Å². The SMILES string of the molecule is C[C@H]1NC(=O)CCC[C@H]2[C@@H]3C[C@@H](CN(C(=O)c4ccc5ccccc5n4)C3)CN2C(=O)[C@H](Cc2ccccc2)NC1=O. The summed E-state index contributed by atoms with van der Waals surface area (Å²) in [7, 11) is 0. The smallest absolute Gasteiger partial charge is 0.272 e. The summed E-state index contributed by atoms with van der Waals surface area (Å²) in [6.45, 7) is 3.23. The number of carbonyl (C=O) groups is 4. The van der Waals surface area contributed by atoms with Crippen molar-refractivity contribution in [2.75, 3.05) is 19.6 Å². The van der Waals surface area contributed by atoms with Crippen LogP contribution in [0.3, 0.4) is 0 Å². The van der Waals surface area contributed by atoms with Crippen molar-refractivity contribution in [1.82, 2.24) is 25.4 Å². The van der Waals surface area contributed by atoms with Crippen molar-refractivity contribution in [1.29, 1.82) is 0 Å². The number of benzene rings is 2. The topological polar surface area (TPSA) is 112 Å². The highest BCUT2D eigenvalue weighted by molar-refractivity contribution is 5.95. The fourth-order valence-electron chi connectivity index (χ4n) is 6.88. The Morgan fingerprint density at radius 3 is 2.55 bits per heavy atom. The minimum Gasteiger partial charge on any atom is -0.345 e. The molecule has 3 saturated heterocycles. The Morgan fingerprint density at radius 2 is 1.71 bits per heavy atom. The predicted octanol–water partition coefficient (Wildman–Crippen LogP) is 2.94. The number of nitrogens with one attached hydrogen (secondary N) is 2. The Bertz CT molecular complexity index is 1490. The number of piperidine rings is 2. The van der Waals surface area contributed by atoms with Gasteiger partial charge in [-0.3, -0.25) is 19.2 Å². The highest BCUT2D eigenvalue weighted by Crippen LogP contribution is 2.36. The molecule has 3 aliphatic rings. The van der Waals surface area contributed by atoms with Gasteiger partial charge in [-0.25, -0.2) is 4.98 Å². The maximum Gasteiger partial charge on any atom is 0.272 e. The quantitative estimate of drug-likeness (QED) is 0.506. The molecule has 0 spiro atoms. The fourth-order valence-corrected chi connectivity index (χ4v) is 6.88. The second-order valence-electron chi connectivity index (χ2n) is 12.0. The van der Waals surface area contributed by atoms with Crippen LogP contribution in [0.4, 0.5) is 0 Å². The molecule has 9 nitrogen and oxygen atoms in total. The summed E-state index contributed by atoms with van der Waals surface area (Å²) in [6, 6.07) is 19.5. The number of para-hydroxylation sites is 1. The van der Waals surface area contributed by atoms with Gasteiger partial charge in [-0.2, -0.15) is 0 Å². The number of likely N-dealkylation sites (tertiary alicyclic amines) is 1. The average Bonchev–Trinajstić information content (AvgIpc) is 3.00. The van der Waals surface area contributed by atoms with E-state index in [0.717, 1.165) is 22.9 Å². The Hall–Kier alpha value is -4.27.